The molecule has 2 unspecified atom stereocenters. The number of carbonyl (C=O) groups excluding carboxylic acids is 2. The fourth-order valence-corrected chi connectivity index (χ4v) is 2.38. The van der Waals surface area contributed by atoms with E-state index in [2.05, 4.69) is 4.90 Å². The monoisotopic (exact) mass is 226 g/mol. The van der Waals surface area contributed by atoms with E-state index < -0.39 is 0 Å². The molecule has 2 amide bonds. The Hall–Kier alpha value is -0.940. The number of nitrogens with zero attached hydrogens (tertiary/aromatic N) is 2. The van der Waals surface area contributed by atoms with Crippen molar-refractivity contribution in [3.05, 3.63) is 0 Å². The van der Waals surface area contributed by atoms with E-state index in [1.54, 1.807) is 0 Å². The van der Waals surface area contributed by atoms with Gasteiger partial charge in [0.2, 0.25) is 11.8 Å². The molecule has 0 N–H and O–H groups in total. The first-order valence-electron chi connectivity index (χ1n) is 5.77. The van der Waals surface area contributed by atoms with Crippen molar-refractivity contribution in [1.29, 1.82) is 0 Å². The summed E-state index contributed by atoms with van der Waals surface area (Å²) >= 11 is 0. The van der Waals surface area contributed by atoms with Gasteiger partial charge in [0, 0.05) is 25.9 Å². The molecule has 2 rings (SSSR count). The molecule has 90 valence electrons. The Kier molecular flexibility index (Phi) is 3.25. The second kappa shape index (κ2) is 4.51. The van der Waals surface area contributed by atoms with Crippen molar-refractivity contribution < 1.29 is 14.3 Å². The van der Waals surface area contributed by atoms with E-state index in [0.717, 1.165) is 13.1 Å². The molecular weight excluding hydrogens is 208 g/mol. The summed E-state index contributed by atoms with van der Waals surface area (Å²) in [5.74, 6) is -0.0893. The van der Waals surface area contributed by atoms with Crippen LogP contribution in [0.3, 0.4) is 0 Å². The molecule has 0 spiro atoms. The lowest BCUT2D eigenvalue weighted by Gasteiger charge is -2.36. The van der Waals surface area contributed by atoms with Gasteiger partial charge < -0.3 is 4.74 Å². The normalized spacial score (nSPS) is 32.5. The molecule has 2 saturated heterocycles. The van der Waals surface area contributed by atoms with Gasteiger partial charge in [-0.25, -0.2) is 0 Å². The van der Waals surface area contributed by atoms with Crippen molar-refractivity contribution in [2.45, 2.75) is 38.9 Å². The molecular formula is C11H18N2O3. The highest BCUT2D eigenvalue weighted by Gasteiger charge is 2.32. The zero-order chi connectivity index (χ0) is 11.7. The molecule has 5 heteroatoms. The van der Waals surface area contributed by atoms with Crippen LogP contribution < -0.4 is 0 Å². The van der Waals surface area contributed by atoms with Gasteiger partial charge in [-0.05, 0) is 13.8 Å². The largest absolute Gasteiger partial charge is 0.373 e. The lowest BCUT2D eigenvalue weighted by Crippen LogP contribution is -2.50. The third kappa shape index (κ3) is 2.41. The first-order chi connectivity index (χ1) is 7.56. The van der Waals surface area contributed by atoms with Crippen LogP contribution in [0.1, 0.15) is 26.7 Å². The number of amides is 2. The molecule has 2 atom stereocenters. The third-order valence-corrected chi connectivity index (χ3v) is 2.99. The molecule has 0 aliphatic carbocycles. The minimum absolute atomic E-state index is 0.0446. The van der Waals surface area contributed by atoms with Gasteiger partial charge in [-0.1, -0.05) is 0 Å². The second-order valence-corrected chi connectivity index (χ2v) is 4.65. The summed E-state index contributed by atoms with van der Waals surface area (Å²) in [5, 5.41) is 0. The molecule has 2 fully saturated rings. The molecule has 0 bridgehead atoms. The maximum Gasteiger partial charge on any atom is 0.230 e. The van der Waals surface area contributed by atoms with E-state index in [9.17, 15) is 9.59 Å². The maximum absolute atomic E-state index is 11.5. The molecule has 16 heavy (non-hydrogen) atoms. The smallest absolute Gasteiger partial charge is 0.230 e. The van der Waals surface area contributed by atoms with Crippen molar-refractivity contribution in [2.75, 3.05) is 19.8 Å². The van der Waals surface area contributed by atoms with Crippen LogP contribution in [-0.2, 0) is 14.3 Å². The summed E-state index contributed by atoms with van der Waals surface area (Å²) in [6.07, 6.45) is 1.07. The molecule has 0 aromatic rings. The molecule has 2 aliphatic rings. The van der Waals surface area contributed by atoms with Crippen LogP contribution >= 0.6 is 0 Å². The highest BCUT2D eigenvalue weighted by Crippen LogP contribution is 2.15. The highest BCUT2D eigenvalue weighted by atomic mass is 16.5. The van der Waals surface area contributed by atoms with E-state index in [1.807, 2.05) is 13.8 Å². The van der Waals surface area contributed by atoms with Crippen molar-refractivity contribution >= 4 is 11.8 Å². The molecule has 2 heterocycles. The number of rotatable bonds is 2. The molecule has 5 nitrogen and oxygen atoms in total. The molecule has 2 aliphatic heterocycles. The van der Waals surface area contributed by atoms with Gasteiger partial charge in [0.15, 0.2) is 0 Å². The molecule has 0 aromatic heterocycles. The van der Waals surface area contributed by atoms with Crippen molar-refractivity contribution in [1.82, 2.24) is 9.80 Å². The number of likely N-dealkylation sites (tertiary alicyclic amines) is 1. The number of imide groups is 1. The third-order valence-electron chi connectivity index (χ3n) is 2.99. The van der Waals surface area contributed by atoms with Crippen LogP contribution in [0.4, 0.5) is 0 Å². The first-order valence-corrected chi connectivity index (χ1v) is 5.77. The van der Waals surface area contributed by atoms with E-state index in [-0.39, 0.29) is 24.0 Å². The van der Waals surface area contributed by atoms with Crippen LogP contribution in [-0.4, -0.2) is 53.6 Å². The summed E-state index contributed by atoms with van der Waals surface area (Å²) in [6, 6.07) is 0. The second-order valence-electron chi connectivity index (χ2n) is 4.65. The molecule has 0 radical (unpaired) electrons. The number of carbonyl (C=O) groups is 2. The Morgan fingerprint density at radius 2 is 1.62 bits per heavy atom. The summed E-state index contributed by atoms with van der Waals surface area (Å²) in [5.41, 5.74) is 0. The minimum Gasteiger partial charge on any atom is -0.373 e. The summed E-state index contributed by atoms with van der Waals surface area (Å²) in [6.45, 7) is 6.01. The average molecular weight is 226 g/mol. The van der Waals surface area contributed by atoms with E-state index in [0.29, 0.717) is 19.5 Å². The number of morpholine rings is 1. The fourth-order valence-electron chi connectivity index (χ4n) is 2.38. The summed E-state index contributed by atoms with van der Waals surface area (Å²) in [7, 11) is 0. The van der Waals surface area contributed by atoms with Crippen molar-refractivity contribution in [2.24, 2.45) is 0 Å². The predicted octanol–water partition coefficient (Wildman–Crippen LogP) is 0.202. The van der Waals surface area contributed by atoms with Gasteiger partial charge in [-0.3, -0.25) is 19.4 Å². The zero-order valence-electron chi connectivity index (χ0n) is 9.81. The number of ether oxygens (including phenoxy) is 1. The highest BCUT2D eigenvalue weighted by molar-refractivity contribution is 6.01. The Labute approximate surface area is 95.3 Å². The van der Waals surface area contributed by atoms with Gasteiger partial charge in [0.1, 0.15) is 0 Å². The van der Waals surface area contributed by atoms with E-state index >= 15 is 0 Å². The van der Waals surface area contributed by atoms with Crippen LogP contribution in [0.25, 0.3) is 0 Å². The van der Waals surface area contributed by atoms with Gasteiger partial charge in [-0.2, -0.15) is 0 Å². The van der Waals surface area contributed by atoms with Gasteiger partial charge in [-0.15, -0.1) is 0 Å². The Morgan fingerprint density at radius 3 is 2.12 bits per heavy atom. The Balaban J connectivity index is 1.93. The Morgan fingerprint density at radius 1 is 1.12 bits per heavy atom. The van der Waals surface area contributed by atoms with Crippen LogP contribution in [0.5, 0.6) is 0 Å². The lowest BCUT2D eigenvalue weighted by molar-refractivity contribution is -0.144. The lowest BCUT2D eigenvalue weighted by atomic mass is 10.2. The van der Waals surface area contributed by atoms with Crippen LogP contribution in [0.2, 0.25) is 0 Å². The number of hydrogen-bond donors (Lipinski definition) is 0. The number of hydrogen-bond acceptors (Lipinski definition) is 4. The minimum atomic E-state index is -0.0446. The molecule has 0 aromatic carbocycles. The maximum atomic E-state index is 11.5. The zero-order valence-corrected chi connectivity index (χ0v) is 9.81. The first kappa shape index (κ1) is 11.5. The summed E-state index contributed by atoms with van der Waals surface area (Å²) in [4.78, 5) is 26.4. The van der Waals surface area contributed by atoms with Gasteiger partial charge >= 0.3 is 0 Å². The van der Waals surface area contributed by atoms with Gasteiger partial charge in [0.25, 0.3) is 0 Å². The van der Waals surface area contributed by atoms with Gasteiger partial charge in [0.05, 0.1) is 18.9 Å². The topological polar surface area (TPSA) is 49.9 Å². The van der Waals surface area contributed by atoms with Crippen molar-refractivity contribution in [3.63, 3.8) is 0 Å². The van der Waals surface area contributed by atoms with Crippen LogP contribution in [0.15, 0.2) is 0 Å². The fraction of sp³-hybridized carbons (Fsp3) is 0.818. The predicted molar refractivity (Wildman–Crippen MR) is 57.5 cm³/mol. The Bertz CT molecular complexity index is 280. The average Bonchev–Trinajstić information content (AvgIpc) is 2.48. The summed E-state index contributed by atoms with van der Waals surface area (Å²) < 4.78 is 5.60. The quantitative estimate of drug-likeness (QED) is 0.631. The SMILES string of the molecule is CC1CN(CN2C(=O)CCC2=O)CC(C)O1. The van der Waals surface area contributed by atoms with E-state index in [1.165, 1.54) is 4.90 Å². The van der Waals surface area contributed by atoms with Crippen molar-refractivity contribution in [3.8, 4) is 0 Å². The van der Waals surface area contributed by atoms with Crippen LogP contribution in [0, 0.1) is 0 Å². The standard InChI is InChI=1S/C11H18N2O3/c1-8-5-12(6-9(2)16-8)7-13-10(14)3-4-11(13)15/h8-9H,3-7H2,1-2H3. The van der Waals surface area contributed by atoms with E-state index in [4.69, 9.17) is 4.74 Å². The molecule has 0 saturated carbocycles.